The fourth-order valence-electron chi connectivity index (χ4n) is 0.225. The van der Waals surface area contributed by atoms with Gasteiger partial charge in [0.15, 0.2) is 0 Å². The zero-order valence-electron chi connectivity index (χ0n) is 5.61. The smallest absolute Gasteiger partial charge is 0 e. The fraction of sp³-hybridized carbons (Fsp3) is 0.400. The van der Waals surface area contributed by atoms with Crippen molar-refractivity contribution in [2.45, 2.75) is 13.3 Å². The second kappa shape index (κ2) is 16.5. The monoisotopic (exact) mass is 251 g/mol. The largest absolute Gasteiger partial charge is 0.335 e. The van der Waals surface area contributed by atoms with E-state index < -0.39 is 0 Å². The minimum Gasteiger partial charge on any atom is -0.335 e. The molecule has 0 aliphatic carbocycles. The summed E-state index contributed by atoms with van der Waals surface area (Å²) in [6.07, 6.45) is 3.13. The Hall–Kier alpha value is 0.963. The zero-order valence-corrected chi connectivity index (χ0v) is 9.80. The van der Waals surface area contributed by atoms with Crippen LogP contribution in [0.3, 0.4) is 0 Å². The van der Waals surface area contributed by atoms with E-state index in [9.17, 15) is 4.79 Å². The molecule has 5 heteroatoms. The quantitative estimate of drug-likeness (QED) is 0.585. The van der Waals surface area contributed by atoms with Gasteiger partial charge in [0.05, 0.1) is 0 Å². The number of hydrogen-bond acceptors (Lipinski definition) is 2. The Morgan fingerprint density at radius 1 is 1.50 bits per heavy atom. The van der Waals surface area contributed by atoms with E-state index in [-0.39, 0.29) is 61.5 Å². The summed E-state index contributed by atoms with van der Waals surface area (Å²) < 4.78 is 0. The molecule has 0 aromatic rings. The van der Waals surface area contributed by atoms with Crippen LogP contribution in [0.1, 0.15) is 13.3 Å². The van der Waals surface area contributed by atoms with Gasteiger partial charge in [-0.25, -0.2) is 0 Å². The van der Waals surface area contributed by atoms with Crippen LogP contribution in [0.15, 0.2) is 0 Å². The van der Waals surface area contributed by atoms with Crippen LogP contribution >= 0.6 is 0 Å². The van der Waals surface area contributed by atoms with Crippen LogP contribution in [0.2, 0.25) is 0 Å². The molecule has 0 bridgehead atoms. The molecule has 0 heterocycles. The third-order valence-corrected chi connectivity index (χ3v) is 0.523. The van der Waals surface area contributed by atoms with Crippen LogP contribution in [-0.4, -0.2) is 12.0 Å². The predicted octanol–water partition coefficient (Wildman–Crippen LogP) is 0.812. The van der Waals surface area contributed by atoms with Gasteiger partial charge < -0.3 is 16.6 Å². The van der Waals surface area contributed by atoms with Crippen LogP contribution in [-0.2, 0) is 60.5 Å². The molecule has 0 saturated heterocycles. The van der Waals surface area contributed by atoms with Gasteiger partial charge in [-0.3, -0.25) is 0 Å². The van der Waals surface area contributed by atoms with Gasteiger partial charge in [0.25, 0.3) is 0 Å². The molecule has 0 atom stereocenters. The maximum absolute atomic E-state index is 10.0. The van der Waals surface area contributed by atoms with E-state index in [1.165, 1.54) is 19.6 Å². The Bertz CT molecular complexity index is 87.0. The molecule has 2 nitrogen and oxygen atoms in total. The van der Waals surface area contributed by atoms with E-state index in [1.807, 2.05) is 0 Å². The standard InChI is InChI=1S/C5H8NO.3V/c1-5(7)3-2-4-6;;;/h3-4,6H,2H2,1H3;;;/q-1;;;. The van der Waals surface area contributed by atoms with Crippen LogP contribution in [0.25, 0.3) is 0 Å². The number of nitrogens with one attached hydrogen (secondary N) is 1. The van der Waals surface area contributed by atoms with Crippen molar-refractivity contribution in [3.8, 4) is 0 Å². The summed E-state index contributed by atoms with van der Waals surface area (Å²) in [4.78, 5) is 10.0. The van der Waals surface area contributed by atoms with Gasteiger partial charge in [-0.2, -0.15) is 0 Å². The van der Waals surface area contributed by atoms with Gasteiger partial charge in [-0.05, 0) is 18.9 Å². The van der Waals surface area contributed by atoms with Gasteiger partial charge in [-0.1, -0.05) is 0 Å². The summed E-state index contributed by atoms with van der Waals surface area (Å²) in [5.74, 6) is 0.0310. The molecule has 0 saturated carbocycles. The van der Waals surface area contributed by atoms with Crippen molar-refractivity contribution in [1.29, 1.82) is 5.41 Å². The molecule has 0 aliphatic rings. The van der Waals surface area contributed by atoms with Gasteiger partial charge >= 0.3 is 0 Å². The van der Waals surface area contributed by atoms with Gasteiger partial charge in [0, 0.05) is 55.7 Å². The minimum absolute atomic E-state index is 0. The minimum atomic E-state index is 0. The Morgan fingerprint density at radius 2 is 1.90 bits per heavy atom. The topological polar surface area (TPSA) is 40.9 Å². The van der Waals surface area contributed by atoms with E-state index in [0.717, 1.165) is 0 Å². The summed E-state index contributed by atoms with van der Waals surface area (Å²) in [5, 5.41) is 6.49. The molecule has 0 aromatic heterocycles. The van der Waals surface area contributed by atoms with E-state index >= 15 is 0 Å². The SMILES string of the molecule is CC(=O)[CH-]CC=N.[V].[V].[V]. The van der Waals surface area contributed by atoms with Crippen LogP contribution in [0.5, 0.6) is 0 Å². The molecule has 0 unspecified atom stereocenters. The van der Waals surface area contributed by atoms with Crippen molar-refractivity contribution >= 4 is 12.0 Å². The first kappa shape index (κ1) is 22.4. The van der Waals surface area contributed by atoms with Crippen molar-refractivity contribution in [2.24, 2.45) is 0 Å². The van der Waals surface area contributed by atoms with Crippen molar-refractivity contribution in [2.75, 3.05) is 0 Å². The van der Waals surface area contributed by atoms with Crippen molar-refractivity contribution in [3.05, 3.63) is 6.42 Å². The third kappa shape index (κ3) is 23.1. The van der Waals surface area contributed by atoms with E-state index in [1.54, 1.807) is 0 Å². The molecular weight excluding hydrogens is 243 g/mol. The molecule has 0 aliphatic heterocycles. The molecule has 0 rings (SSSR count). The second-order valence-corrected chi connectivity index (χ2v) is 1.25. The predicted molar refractivity (Wildman–Crippen MR) is 28.4 cm³/mol. The number of hydrogen-bond donors (Lipinski definition) is 1. The average molecular weight is 251 g/mol. The summed E-state index contributed by atoms with van der Waals surface area (Å²) >= 11 is 0. The van der Waals surface area contributed by atoms with Crippen LogP contribution in [0, 0.1) is 11.8 Å². The Labute approximate surface area is 97.1 Å². The molecule has 0 spiro atoms. The Morgan fingerprint density at radius 3 is 2.00 bits per heavy atom. The molecular formula is C5H8NOV3-. The van der Waals surface area contributed by atoms with Crippen molar-refractivity contribution < 1.29 is 60.5 Å². The summed E-state index contributed by atoms with van der Waals surface area (Å²) in [7, 11) is 0. The van der Waals surface area contributed by atoms with Gasteiger partial charge in [0.2, 0.25) is 0 Å². The van der Waals surface area contributed by atoms with Crippen molar-refractivity contribution in [3.63, 3.8) is 0 Å². The van der Waals surface area contributed by atoms with Crippen LogP contribution < -0.4 is 0 Å². The second-order valence-electron chi connectivity index (χ2n) is 1.25. The molecule has 0 amide bonds. The normalized spacial score (nSPS) is 5.30. The first-order valence-corrected chi connectivity index (χ1v) is 2.10. The number of Topliss-reactive ketones (excluding diaryl/α,β-unsaturated/α-hetero) is 1. The molecule has 55 valence electrons. The first-order chi connectivity index (χ1) is 3.27. The fourth-order valence-corrected chi connectivity index (χ4v) is 0.225. The maximum atomic E-state index is 10.0. The zero-order chi connectivity index (χ0) is 5.70. The number of carbonyl (C=O) groups excluding carboxylic acids is 1. The first-order valence-electron chi connectivity index (χ1n) is 2.10. The van der Waals surface area contributed by atoms with Crippen LogP contribution in [0.4, 0.5) is 0 Å². The third-order valence-electron chi connectivity index (χ3n) is 0.523. The number of carbonyl (C=O) groups is 1. The molecule has 0 aromatic carbocycles. The number of rotatable bonds is 3. The Kier molecular flexibility index (Phi) is 37.1. The van der Waals surface area contributed by atoms with Crippen molar-refractivity contribution in [1.82, 2.24) is 0 Å². The van der Waals surface area contributed by atoms with Gasteiger partial charge in [-0.15, -0.1) is 6.42 Å². The van der Waals surface area contributed by atoms with Gasteiger partial charge in [0.1, 0.15) is 0 Å². The molecule has 10 heavy (non-hydrogen) atoms. The number of ketones is 1. The summed E-state index contributed by atoms with van der Waals surface area (Å²) in [5.41, 5.74) is 0. The average Bonchev–Trinajstić information content (AvgIpc) is 1.61. The maximum Gasteiger partial charge on any atom is 0 e. The van der Waals surface area contributed by atoms with E-state index in [0.29, 0.717) is 6.42 Å². The molecule has 1 N–H and O–H groups in total. The van der Waals surface area contributed by atoms with E-state index in [4.69, 9.17) is 5.41 Å². The summed E-state index contributed by atoms with van der Waals surface area (Å²) in [6, 6.07) is 0. The Balaban J connectivity index is -0.0000000600. The summed E-state index contributed by atoms with van der Waals surface area (Å²) in [6.45, 7) is 1.48. The molecule has 3 radical (unpaired) electrons. The molecule has 0 fully saturated rings. The van der Waals surface area contributed by atoms with E-state index in [2.05, 4.69) is 0 Å².